The summed E-state index contributed by atoms with van der Waals surface area (Å²) < 4.78 is 0. The first-order valence-electron chi connectivity index (χ1n) is 5.82. The summed E-state index contributed by atoms with van der Waals surface area (Å²) in [5.41, 5.74) is 2.76. The van der Waals surface area contributed by atoms with Crippen molar-refractivity contribution >= 4 is 11.9 Å². The maximum absolute atomic E-state index is 11.7. The summed E-state index contributed by atoms with van der Waals surface area (Å²) >= 11 is 0. The normalized spacial score (nSPS) is 9.68. The highest BCUT2D eigenvalue weighted by Gasteiger charge is 2.10. The van der Waals surface area contributed by atoms with E-state index in [0.29, 0.717) is 18.4 Å². The summed E-state index contributed by atoms with van der Waals surface area (Å²) in [6.07, 6.45) is 0.898. The number of carboxylic acids is 1. The average molecular weight is 265 g/mol. The van der Waals surface area contributed by atoms with Gasteiger partial charge in [0.2, 0.25) is 0 Å². The summed E-state index contributed by atoms with van der Waals surface area (Å²) in [5, 5.41) is 12.0. The van der Waals surface area contributed by atoms with Crippen LogP contribution in [-0.4, -0.2) is 28.6 Å². The van der Waals surface area contributed by atoms with Crippen molar-refractivity contribution in [3.63, 3.8) is 0 Å². The van der Waals surface area contributed by atoms with E-state index in [1.54, 1.807) is 30.3 Å². The Hall–Kier alpha value is -2.44. The van der Waals surface area contributed by atoms with Gasteiger partial charge in [0.25, 0.3) is 5.91 Å². The third-order valence-electron chi connectivity index (χ3n) is 2.38. The minimum atomic E-state index is -0.890. The molecule has 1 aromatic carbocycles. The van der Waals surface area contributed by atoms with Crippen LogP contribution in [-0.2, 0) is 4.79 Å². The van der Waals surface area contributed by atoms with E-state index in [4.69, 9.17) is 5.11 Å². The molecular formula is C12H15N3O4. The zero-order chi connectivity index (χ0) is 14.1. The number of rotatable bonds is 8. The number of hydrogen-bond donors (Lipinski definition) is 2. The number of aliphatic carboxylic acids is 1. The molecule has 0 aliphatic carbocycles. The topological polar surface area (TPSA) is 99.1 Å². The van der Waals surface area contributed by atoms with Gasteiger partial charge in [-0.15, -0.1) is 4.91 Å². The lowest BCUT2D eigenvalue weighted by molar-refractivity contribution is -0.137. The minimum absolute atomic E-state index is 0.0271. The van der Waals surface area contributed by atoms with Crippen molar-refractivity contribution in [3.05, 3.63) is 40.8 Å². The number of unbranched alkanes of at least 4 members (excludes halogenated alkanes) is 1. The molecule has 0 fully saturated rings. The Balaban J connectivity index is 2.38. The molecule has 0 heterocycles. The number of carbonyl (C=O) groups is 2. The lowest BCUT2D eigenvalue weighted by Gasteiger charge is -2.15. The molecule has 0 bridgehead atoms. The smallest absolute Gasteiger partial charge is 0.303 e. The quantitative estimate of drug-likeness (QED) is 0.422. The second kappa shape index (κ2) is 7.80. The van der Waals surface area contributed by atoms with Gasteiger partial charge < -0.3 is 5.11 Å². The summed E-state index contributed by atoms with van der Waals surface area (Å²) in [7, 11) is 0. The van der Waals surface area contributed by atoms with Gasteiger partial charge in [-0.05, 0) is 25.0 Å². The fraction of sp³-hybridized carbons (Fsp3) is 0.333. The lowest BCUT2D eigenvalue weighted by atomic mass is 10.2. The molecule has 1 amide bonds. The molecule has 7 nitrogen and oxygen atoms in total. The van der Waals surface area contributed by atoms with Crippen LogP contribution >= 0.6 is 0 Å². The summed E-state index contributed by atoms with van der Waals surface area (Å²) in [6.45, 7) is 0.176. The van der Waals surface area contributed by atoms with E-state index in [1.165, 1.54) is 0 Å². The highest BCUT2D eigenvalue weighted by atomic mass is 16.4. The zero-order valence-electron chi connectivity index (χ0n) is 10.3. The molecule has 2 N–H and O–H groups in total. The first-order valence-corrected chi connectivity index (χ1v) is 5.82. The van der Waals surface area contributed by atoms with Crippen LogP contribution in [0.1, 0.15) is 29.6 Å². The molecule has 0 atom stereocenters. The fourth-order valence-corrected chi connectivity index (χ4v) is 1.43. The second-order valence-electron chi connectivity index (χ2n) is 3.86. The molecule has 0 unspecified atom stereocenters. The van der Waals surface area contributed by atoms with Crippen LogP contribution in [0, 0.1) is 4.91 Å². The van der Waals surface area contributed by atoms with Crippen molar-refractivity contribution in [2.75, 3.05) is 6.54 Å². The number of carbonyl (C=O) groups excluding carboxylic acids is 1. The van der Waals surface area contributed by atoms with E-state index in [0.717, 1.165) is 5.12 Å². The highest BCUT2D eigenvalue weighted by Crippen LogP contribution is 2.01. The van der Waals surface area contributed by atoms with Crippen LogP contribution in [0.3, 0.4) is 0 Å². The third-order valence-corrected chi connectivity index (χ3v) is 2.38. The van der Waals surface area contributed by atoms with Crippen LogP contribution in [0.5, 0.6) is 0 Å². The van der Waals surface area contributed by atoms with Gasteiger partial charge in [-0.1, -0.05) is 18.2 Å². The number of nitroso groups, excluding NO2 is 1. The van der Waals surface area contributed by atoms with E-state index in [1.807, 2.05) is 0 Å². The van der Waals surface area contributed by atoms with E-state index < -0.39 is 11.9 Å². The van der Waals surface area contributed by atoms with Crippen molar-refractivity contribution in [1.82, 2.24) is 10.5 Å². The maximum Gasteiger partial charge on any atom is 0.303 e. The number of benzene rings is 1. The molecule has 0 aromatic heterocycles. The van der Waals surface area contributed by atoms with Crippen LogP contribution in [0.15, 0.2) is 35.6 Å². The van der Waals surface area contributed by atoms with Gasteiger partial charge in [-0.3, -0.25) is 9.59 Å². The minimum Gasteiger partial charge on any atom is -0.481 e. The van der Waals surface area contributed by atoms with E-state index in [2.05, 4.69) is 10.7 Å². The average Bonchev–Trinajstić information content (AvgIpc) is 2.42. The molecule has 7 heteroatoms. The van der Waals surface area contributed by atoms with Crippen LogP contribution in [0.4, 0.5) is 0 Å². The summed E-state index contributed by atoms with van der Waals surface area (Å²) in [5.74, 6) is -1.32. The van der Waals surface area contributed by atoms with Crippen molar-refractivity contribution in [1.29, 1.82) is 0 Å². The Kier molecular flexibility index (Phi) is 6.00. The van der Waals surface area contributed by atoms with Crippen molar-refractivity contribution in [2.24, 2.45) is 5.29 Å². The predicted octanol–water partition coefficient (Wildman–Crippen LogP) is 1.57. The van der Waals surface area contributed by atoms with Crippen molar-refractivity contribution < 1.29 is 14.7 Å². The van der Waals surface area contributed by atoms with Gasteiger partial charge in [0, 0.05) is 12.0 Å². The van der Waals surface area contributed by atoms with Gasteiger partial charge in [-0.25, -0.2) is 5.43 Å². The number of hydrazine groups is 1. The summed E-state index contributed by atoms with van der Waals surface area (Å²) in [6, 6.07) is 8.42. The van der Waals surface area contributed by atoms with Crippen LogP contribution in [0.2, 0.25) is 0 Å². The second-order valence-corrected chi connectivity index (χ2v) is 3.86. The van der Waals surface area contributed by atoms with Gasteiger partial charge in [0.1, 0.15) is 0 Å². The van der Waals surface area contributed by atoms with E-state index in [-0.39, 0.29) is 13.0 Å². The molecule has 1 aromatic rings. The number of carboxylic acid groups (broad SMARTS) is 1. The lowest BCUT2D eigenvalue weighted by Crippen LogP contribution is -2.38. The number of hydrogen-bond acceptors (Lipinski definition) is 4. The Morgan fingerprint density at radius 1 is 1.21 bits per heavy atom. The fourth-order valence-electron chi connectivity index (χ4n) is 1.43. The largest absolute Gasteiger partial charge is 0.481 e. The van der Waals surface area contributed by atoms with Crippen molar-refractivity contribution in [2.45, 2.75) is 19.3 Å². The molecule has 19 heavy (non-hydrogen) atoms. The molecule has 102 valence electrons. The molecule has 0 saturated heterocycles. The predicted molar refractivity (Wildman–Crippen MR) is 67.9 cm³/mol. The SMILES string of the molecule is O=NN(CCCCC(=O)O)NC(=O)c1ccccc1. The molecule has 0 saturated carbocycles. The van der Waals surface area contributed by atoms with Crippen LogP contribution in [0.25, 0.3) is 0 Å². The number of nitrogens with one attached hydrogen (secondary N) is 1. The number of amides is 1. The zero-order valence-corrected chi connectivity index (χ0v) is 10.3. The first-order chi connectivity index (χ1) is 9.13. The van der Waals surface area contributed by atoms with Gasteiger partial charge in [-0.2, -0.15) is 5.12 Å². The Morgan fingerprint density at radius 3 is 2.47 bits per heavy atom. The van der Waals surface area contributed by atoms with E-state index in [9.17, 15) is 14.5 Å². The third kappa shape index (κ3) is 5.62. The van der Waals surface area contributed by atoms with Crippen LogP contribution < -0.4 is 5.43 Å². The van der Waals surface area contributed by atoms with Gasteiger partial charge >= 0.3 is 5.97 Å². The molecule has 0 aliphatic heterocycles. The molecule has 1 rings (SSSR count). The van der Waals surface area contributed by atoms with E-state index >= 15 is 0 Å². The summed E-state index contributed by atoms with van der Waals surface area (Å²) in [4.78, 5) is 32.6. The maximum atomic E-state index is 11.7. The molecule has 0 aliphatic rings. The standard InChI is InChI=1S/C12H15N3O4/c16-11(17)8-4-5-9-15(14-19)13-12(18)10-6-2-1-3-7-10/h1-3,6-7H,4-5,8-9H2,(H,13,18)(H,16,17). The van der Waals surface area contributed by atoms with Gasteiger partial charge in [0.05, 0.1) is 11.8 Å². The monoisotopic (exact) mass is 265 g/mol. The van der Waals surface area contributed by atoms with Gasteiger partial charge in [0.15, 0.2) is 0 Å². The Morgan fingerprint density at radius 2 is 1.89 bits per heavy atom. The molecule has 0 spiro atoms. The Labute approximate surface area is 110 Å². The molecule has 0 radical (unpaired) electrons. The molecular weight excluding hydrogens is 250 g/mol. The Bertz CT molecular complexity index is 436. The first kappa shape index (κ1) is 14.6. The number of nitrogens with zero attached hydrogens (tertiary/aromatic N) is 2. The van der Waals surface area contributed by atoms with Crippen molar-refractivity contribution in [3.8, 4) is 0 Å². The highest BCUT2D eigenvalue weighted by molar-refractivity contribution is 5.93.